The molecule has 106 valence electrons. The highest BCUT2D eigenvalue weighted by molar-refractivity contribution is 6.10. The maximum atomic E-state index is 12.1. The fourth-order valence-electron chi connectivity index (χ4n) is 1.86. The Bertz CT molecular complexity index is 570. The lowest BCUT2D eigenvalue weighted by Crippen LogP contribution is -2.42. The molecule has 7 heteroatoms. The van der Waals surface area contributed by atoms with Crippen LogP contribution in [0.4, 0.5) is 5.69 Å². The summed E-state index contributed by atoms with van der Waals surface area (Å²) in [5.41, 5.74) is 0.658. The van der Waals surface area contributed by atoms with Crippen molar-refractivity contribution in [2.75, 3.05) is 19.5 Å². The number of hydrogen-bond acceptors (Lipinski definition) is 5. The van der Waals surface area contributed by atoms with Gasteiger partial charge >= 0.3 is 5.97 Å². The van der Waals surface area contributed by atoms with Crippen molar-refractivity contribution in [3.05, 3.63) is 23.8 Å². The van der Waals surface area contributed by atoms with Gasteiger partial charge in [0.15, 0.2) is 0 Å². The third-order valence-electron chi connectivity index (χ3n) is 2.95. The summed E-state index contributed by atoms with van der Waals surface area (Å²) in [7, 11) is 2.70. The van der Waals surface area contributed by atoms with Crippen LogP contribution in [0.2, 0.25) is 0 Å². The predicted octanol–water partition coefficient (Wildman–Crippen LogP) is 0.309. The van der Waals surface area contributed by atoms with Gasteiger partial charge in [-0.2, -0.15) is 0 Å². The Kier molecular flexibility index (Phi) is 3.88. The second-order valence-corrected chi connectivity index (χ2v) is 4.21. The summed E-state index contributed by atoms with van der Waals surface area (Å²) >= 11 is 0. The molecule has 7 nitrogen and oxygen atoms in total. The minimum atomic E-state index is -0.964. The molecule has 20 heavy (non-hydrogen) atoms. The van der Waals surface area contributed by atoms with Gasteiger partial charge in [0.25, 0.3) is 5.91 Å². The first-order valence-corrected chi connectivity index (χ1v) is 5.91. The summed E-state index contributed by atoms with van der Waals surface area (Å²) in [6.07, 6.45) is -0.223. The molecular formula is C13H14N2O5. The van der Waals surface area contributed by atoms with Crippen LogP contribution in [-0.4, -0.2) is 38.0 Å². The van der Waals surface area contributed by atoms with Crippen LogP contribution in [0, 0.1) is 0 Å². The van der Waals surface area contributed by atoms with Crippen molar-refractivity contribution >= 4 is 23.5 Å². The third kappa shape index (κ3) is 2.71. The fourth-order valence-corrected chi connectivity index (χ4v) is 1.86. The van der Waals surface area contributed by atoms with Gasteiger partial charge in [0.2, 0.25) is 5.91 Å². The molecule has 1 aliphatic rings. The molecule has 1 heterocycles. The lowest BCUT2D eigenvalue weighted by molar-refractivity contribution is -0.142. The van der Waals surface area contributed by atoms with Crippen molar-refractivity contribution in [2.45, 2.75) is 12.5 Å². The van der Waals surface area contributed by atoms with E-state index in [0.717, 1.165) is 0 Å². The predicted molar refractivity (Wildman–Crippen MR) is 69.5 cm³/mol. The molecule has 0 fully saturated rings. The highest BCUT2D eigenvalue weighted by atomic mass is 16.5. The zero-order valence-electron chi connectivity index (χ0n) is 11.1. The van der Waals surface area contributed by atoms with E-state index in [9.17, 15) is 14.4 Å². The number of methoxy groups -OCH3 is 2. The summed E-state index contributed by atoms with van der Waals surface area (Å²) in [4.78, 5) is 35.3. The molecule has 2 rings (SSSR count). The minimum Gasteiger partial charge on any atom is -0.497 e. The summed E-state index contributed by atoms with van der Waals surface area (Å²) < 4.78 is 9.54. The number of benzene rings is 1. The molecule has 2 N–H and O–H groups in total. The van der Waals surface area contributed by atoms with E-state index in [0.29, 0.717) is 11.4 Å². The van der Waals surface area contributed by atoms with Gasteiger partial charge in [0.05, 0.1) is 31.9 Å². The van der Waals surface area contributed by atoms with Gasteiger partial charge in [0, 0.05) is 0 Å². The molecule has 0 radical (unpaired) electrons. The Morgan fingerprint density at radius 3 is 2.70 bits per heavy atom. The van der Waals surface area contributed by atoms with Crippen molar-refractivity contribution in [1.29, 1.82) is 0 Å². The summed E-state index contributed by atoms with van der Waals surface area (Å²) in [5.74, 6) is -0.993. The highest BCUT2D eigenvalue weighted by Gasteiger charge is 2.30. The molecule has 0 aliphatic carbocycles. The molecular weight excluding hydrogens is 264 g/mol. The topological polar surface area (TPSA) is 93.7 Å². The molecule has 1 aromatic carbocycles. The minimum absolute atomic E-state index is 0.223. The number of nitrogens with one attached hydrogen (secondary N) is 2. The lowest BCUT2D eigenvalue weighted by atomic mass is 10.1. The van der Waals surface area contributed by atoms with E-state index in [1.165, 1.54) is 20.3 Å². The van der Waals surface area contributed by atoms with Crippen LogP contribution in [0.5, 0.6) is 5.75 Å². The smallest absolute Gasteiger partial charge is 0.308 e. The Balaban J connectivity index is 2.28. The zero-order valence-corrected chi connectivity index (χ0v) is 11.1. The SMILES string of the molecule is COC(=O)CC1NC(=O)c2cc(OC)ccc2NC1=O. The average Bonchev–Trinajstić information content (AvgIpc) is 2.56. The molecule has 0 saturated heterocycles. The van der Waals surface area contributed by atoms with Crippen LogP contribution < -0.4 is 15.4 Å². The number of hydrogen-bond donors (Lipinski definition) is 2. The van der Waals surface area contributed by atoms with Gasteiger partial charge < -0.3 is 20.1 Å². The van der Waals surface area contributed by atoms with E-state index >= 15 is 0 Å². The molecule has 0 aromatic heterocycles. The van der Waals surface area contributed by atoms with E-state index in [1.807, 2.05) is 0 Å². The molecule has 0 bridgehead atoms. The average molecular weight is 278 g/mol. The number of fused-ring (bicyclic) bond motifs is 1. The number of rotatable bonds is 3. The van der Waals surface area contributed by atoms with Crippen molar-refractivity contribution in [3.63, 3.8) is 0 Å². The largest absolute Gasteiger partial charge is 0.497 e. The first kappa shape index (κ1) is 13.9. The van der Waals surface area contributed by atoms with E-state index in [1.54, 1.807) is 12.1 Å². The maximum absolute atomic E-state index is 12.1. The van der Waals surface area contributed by atoms with Crippen molar-refractivity contribution in [1.82, 2.24) is 5.32 Å². The van der Waals surface area contributed by atoms with Crippen molar-refractivity contribution in [2.24, 2.45) is 0 Å². The lowest BCUT2D eigenvalue weighted by Gasteiger charge is -2.12. The van der Waals surface area contributed by atoms with E-state index in [-0.39, 0.29) is 12.0 Å². The fraction of sp³-hybridized carbons (Fsp3) is 0.308. The normalized spacial score (nSPS) is 17.4. The first-order valence-electron chi connectivity index (χ1n) is 5.91. The third-order valence-corrected chi connectivity index (χ3v) is 2.95. The van der Waals surface area contributed by atoms with E-state index in [2.05, 4.69) is 15.4 Å². The molecule has 0 spiro atoms. The van der Waals surface area contributed by atoms with Gasteiger partial charge in [0.1, 0.15) is 11.8 Å². The van der Waals surface area contributed by atoms with Crippen LogP contribution in [0.15, 0.2) is 18.2 Å². The van der Waals surface area contributed by atoms with Gasteiger partial charge in [-0.3, -0.25) is 14.4 Å². The number of esters is 1. The van der Waals surface area contributed by atoms with Gasteiger partial charge in [-0.25, -0.2) is 0 Å². The molecule has 1 atom stereocenters. The number of carbonyl (C=O) groups is 3. The van der Waals surface area contributed by atoms with Crippen LogP contribution in [0.3, 0.4) is 0 Å². The number of ether oxygens (including phenoxy) is 2. The number of carbonyl (C=O) groups excluding carboxylic acids is 3. The van der Waals surface area contributed by atoms with Crippen LogP contribution in [-0.2, 0) is 14.3 Å². The zero-order chi connectivity index (χ0) is 14.7. The number of amides is 2. The summed E-state index contributed by atoms with van der Waals surface area (Å²) in [6.45, 7) is 0. The molecule has 2 amide bonds. The molecule has 0 saturated carbocycles. The van der Waals surface area contributed by atoms with Gasteiger partial charge in [-0.1, -0.05) is 0 Å². The number of anilines is 1. The van der Waals surface area contributed by atoms with Gasteiger partial charge in [-0.05, 0) is 18.2 Å². The van der Waals surface area contributed by atoms with Gasteiger partial charge in [-0.15, -0.1) is 0 Å². The van der Waals surface area contributed by atoms with Crippen LogP contribution in [0.1, 0.15) is 16.8 Å². The molecule has 1 aromatic rings. The highest BCUT2D eigenvalue weighted by Crippen LogP contribution is 2.24. The standard InChI is InChI=1S/C13H14N2O5/c1-19-7-3-4-9-8(5-7)12(17)15-10(13(18)14-9)6-11(16)20-2/h3-5,10H,6H2,1-2H3,(H,14,18)(H,15,17). The summed E-state index contributed by atoms with van der Waals surface area (Å²) in [5, 5.41) is 5.09. The second-order valence-electron chi connectivity index (χ2n) is 4.21. The maximum Gasteiger partial charge on any atom is 0.308 e. The second kappa shape index (κ2) is 5.60. The monoisotopic (exact) mass is 278 g/mol. The Morgan fingerprint density at radius 2 is 2.05 bits per heavy atom. The first-order chi connectivity index (χ1) is 9.55. The quantitative estimate of drug-likeness (QED) is 0.776. The van der Waals surface area contributed by atoms with Crippen LogP contribution >= 0.6 is 0 Å². The van der Waals surface area contributed by atoms with Crippen LogP contribution in [0.25, 0.3) is 0 Å². The Morgan fingerprint density at radius 1 is 1.30 bits per heavy atom. The molecule has 1 aliphatic heterocycles. The van der Waals surface area contributed by atoms with E-state index < -0.39 is 23.8 Å². The van der Waals surface area contributed by atoms with E-state index in [4.69, 9.17) is 4.74 Å². The Labute approximate surface area is 115 Å². The molecule has 1 unspecified atom stereocenters. The van der Waals surface area contributed by atoms with Crippen molar-refractivity contribution < 1.29 is 23.9 Å². The Hall–Kier alpha value is -2.57. The van der Waals surface area contributed by atoms with Crippen molar-refractivity contribution in [3.8, 4) is 5.75 Å². The summed E-state index contributed by atoms with van der Waals surface area (Å²) in [6, 6.07) is 3.76.